The smallest absolute Gasteiger partial charge is 0.337 e. The molecule has 0 saturated heterocycles. The average Bonchev–Trinajstić information content (AvgIpc) is 3.29. The fourth-order valence-electron chi connectivity index (χ4n) is 4.32. The molecule has 0 spiro atoms. The van der Waals surface area contributed by atoms with Crippen molar-refractivity contribution in [2.24, 2.45) is 5.10 Å². The maximum Gasteiger partial charge on any atom is 0.337 e. The second kappa shape index (κ2) is 8.45. The molecule has 0 saturated carbocycles. The summed E-state index contributed by atoms with van der Waals surface area (Å²) in [4.78, 5) is 11.9. The molecule has 2 heterocycles. The number of hydrogen-bond donors (Lipinski definition) is 0. The Morgan fingerprint density at radius 1 is 1.09 bits per heavy atom. The lowest BCUT2D eigenvalue weighted by atomic mass is 9.95. The number of carbonyl (C=O) groups is 1. The molecule has 0 unspecified atom stereocenters. The molecule has 0 amide bonds. The molecule has 0 bridgehead atoms. The van der Waals surface area contributed by atoms with Gasteiger partial charge in [0.1, 0.15) is 0 Å². The van der Waals surface area contributed by atoms with Crippen LogP contribution in [0.5, 0.6) is 11.5 Å². The van der Waals surface area contributed by atoms with Crippen LogP contribution >= 0.6 is 11.6 Å². The van der Waals surface area contributed by atoms with Crippen LogP contribution in [0.15, 0.2) is 65.8 Å². The number of carbonyl (C=O) groups excluding carboxylic acids is 1. The molecule has 0 fully saturated rings. The highest BCUT2D eigenvalue weighted by Crippen LogP contribution is 2.51. The fraction of sp³-hybridized carbons (Fsp3) is 0.231. The van der Waals surface area contributed by atoms with Crippen LogP contribution < -0.4 is 9.47 Å². The number of methoxy groups -OCH3 is 2. The Morgan fingerprint density at radius 3 is 2.48 bits per heavy atom. The van der Waals surface area contributed by atoms with Gasteiger partial charge in [0.25, 0.3) is 0 Å². The molecule has 0 aliphatic carbocycles. The molecule has 33 heavy (non-hydrogen) atoms. The van der Waals surface area contributed by atoms with Gasteiger partial charge in [-0.25, -0.2) is 9.80 Å². The second-order valence-electron chi connectivity index (χ2n) is 8.12. The molecule has 0 radical (unpaired) electrons. The van der Waals surface area contributed by atoms with E-state index >= 15 is 0 Å². The molecule has 3 aromatic carbocycles. The zero-order valence-corrected chi connectivity index (χ0v) is 19.3. The first-order valence-electron chi connectivity index (χ1n) is 10.6. The Hall–Kier alpha value is -3.51. The summed E-state index contributed by atoms with van der Waals surface area (Å²) in [6, 6.07) is 19.1. The van der Waals surface area contributed by atoms with Gasteiger partial charge in [-0.05, 0) is 30.7 Å². The highest BCUT2D eigenvalue weighted by Gasteiger charge is 2.42. The highest BCUT2D eigenvalue weighted by atomic mass is 35.5. The third kappa shape index (κ3) is 3.80. The van der Waals surface area contributed by atoms with E-state index < -0.39 is 6.23 Å². The largest absolute Gasteiger partial charge is 0.493 e. The van der Waals surface area contributed by atoms with E-state index in [1.54, 1.807) is 25.3 Å². The van der Waals surface area contributed by atoms with Crippen LogP contribution in [0.2, 0.25) is 5.02 Å². The van der Waals surface area contributed by atoms with Crippen molar-refractivity contribution in [1.29, 1.82) is 0 Å². The summed E-state index contributed by atoms with van der Waals surface area (Å²) in [6.07, 6.45) is 0.215. The average molecular weight is 463 g/mol. The molecule has 2 atom stereocenters. The quantitative estimate of drug-likeness (QED) is 0.466. The van der Waals surface area contributed by atoms with Crippen LogP contribution in [0.25, 0.3) is 0 Å². The first kappa shape index (κ1) is 21.3. The minimum atomic E-state index is -0.493. The van der Waals surface area contributed by atoms with Crippen LogP contribution in [0.4, 0.5) is 0 Å². The van der Waals surface area contributed by atoms with Gasteiger partial charge in [-0.3, -0.25) is 0 Å². The summed E-state index contributed by atoms with van der Waals surface area (Å²) in [5.41, 5.74) is 5.53. The minimum Gasteiger partial charge on any atom is -0.493 e. The van der Waals surface area contributed by atoms with Crippen molar-refractivity contribution < 1.29 is 19.0 Å². The summed E-state index contributed by atoms with van der Waals surface area (Å²) in [5, 5.41) is 7.53. The molecule has 0 N–H and O–H groups in total. The van der Waals surface area contributed by atoms with Gasteiger partial charge in [0, 0.05) is 28.6 Å². The lowest BCUT2D eigenvalue weighted by molar-refractivity contribution is -0.0209. The Balaban J connectivity index is 1.59. The number of hydrazone groups is 1. The van der Waals surface area contributed by atoms with Crippen molar-refractivity contribution in [3.8, 4) is 11.5 Å². The van der Waals surface area contributed by atoms with E-state index in [1.807, 2.05) is 23.2 Å². The summed E-state index contributed by atoms with van der Waals surface area (Å²) >= 11 is 6.40. The number of aryl methyl sites for hydroxylation is 1. The molecule has 2 aliphatic heterocycles. The van der Waals surface area contributed by atoms with Gasteiger partial charge in [-0.15, -0.1) is 0 Å². The third-order valence-electron chi connectivity index (χ3n) is 6.04. The Bertz CT molecular complexity index is 1240. The Morgan fingerprint density at radius 2 is 1.82 bits per heavy atom. The summed E-state index contributed by atoms with van der Waals surface area (Å²) in [5.74, 6) is 0.856. The number of ether oxygens (including phenoxy) is 3. The molecule has 3 aromatic rings. The molecule has 7 heteroatoms. The standard InChI is InChI=1S/C26H23ClN2O4/c1-15-4-6-16(7-5-15)21-14-22-20-12-19(27)13-23(31-2)24(20)33-25(29(22)28-21)17-8-10-18(11-9-17)26(30)32-3/h4-13,22,25H,14H2,1-3H3/t22-,25-/m1/s1. The summed E-state index contributed by atoms with van der Waals surface area (Å²) < 4.78 is 16.9. The van der Waals surface area contributed by atoms with Gasteiger partial charge in [0.05, 0.1) is 31.5 Å². The lowest BCUT2D eigenvalue weighted by Crippen LogP contribution is -2.34. The van der Waals surface area contributed by atoms with Gasteiger partial charge >= 0.3 is 5.97 Å². The van der Waals surface area contributed by atoms with Crippen LogP contribution in [0.3, 0.4) is 0 Å². The van der Waals surface area contributed by atoms with Crippen LogP contribution in [-0.2, 0) is 4.74 Å². The fourth-order valence-corrected chi connectivity index (χ4v) is 4.54. The maximum atomic E-state index is 11.9. The van der Waals surface area contributed by atoms with Crippen molar-refractivity contribution in [3.63, 3.8) is 0 Å². The first-order valence-corrected chi connectivity index (χ1v) is 11.0. The predicted molar refractivity (Wildman–Crippen MR) is 126 cm³/mol. The lowest BCUT2D eigenvalue weighted by Gasteiger charge is -2.38. The van der Waals surface area contributed by atoms with Crippen molar-refractivity contribution in [3.05, 3.63) is 93.5 Å². The molecular weight excluding hydrogens is 440 g/mol. The monoisotopic (exact) mass is 462 g/mol. The SMILES string of the molecule is COC(=O)c1ccc([C@H]2Oc3c(OC)cc(Cl)cc3[C@H]3CC(c4ccc(C)cc4)=NN32)cc1. The minimum absolute atomic E-state index is 0.0667. The van der Waals surface area contributed by atoms with Gasteiger partial charge in [0.15, 0.2) is 11.5 Å². The molecule has 2 aliphatic rings. The van der Waals surface area contributed by atoms with Crippen molar-refractivity contribution in [2.75, 3.05) is 14.2 Å². The second-order valence-corrected chi connectivity index (χ2v) is 8.56. The van der Waals surface area contributed by atoms with Crippen molar-refractivity contribution >= 4 is 23.3 Å². The van der Waals surface area contributed by atoms with Crippen LogP contribution in [0, 0.1) is 6.92 Å². The topological polar surface area (TPSA) is 60.4 Å². The van der Waals surface area contributed by atoms with E-state index in [1.165, 1.54) is 12.7 Å². The van der Waals surface area contributed by atoms with E-state index in [-0.39, 0.29) is 12.0 Å². The van der Waals surface area contributed by atoms with Gasteiger partial charge < -0.3 is 14.2 Å². The Kier molecular flexibility index (Phi) is 5.46. The summed E-state index contributed by atoms with van der Waals surface area (Å²) in [7, 11) is 2.97. The van der Waals surface area contributed by atoms with Gasteiger partial charge in [-0.2, -0.15) is 5.10 Å². The number of benzene rings is 3. The van der Waals surface area contributed by atoms with E-state index in [4.69, 9.17) is 30.9 Å². The molecule has 168 valence electrons. The molecule has 0 aromatic heterocycles. The number of rotatable bonds is 4. The number of nitrogens with zero attached hydrogens (tertiary/aromatic N) is 2. The molecule has 6 nitrogen and oxygen atoms in total. The third-order valence-corrected chi connectivity index (χ3v) is 6.26. The van der Waals surface area contributed by atoms with Crippen molar-refractivity contribution in [1.82, 2.24) is 5.01 Å². The zero-order valence-electron chi connectivity index (χ0n) is 18.5. The highest BCUT2D eigenvalue weighted by molar-refractivity contribution is 6.30. The molecular formula is C26H23ClN2O4. The van der Waals surface area contributed by atoms with E-state index in [9.17, 15) is 4.79 Å². The van der Waals surface area contributed by atoms with Gasteiger partial charge in [0.2, 0.25) is 6.23 Å². The normalized spacial score (nSPS) is 18.7. The van der Waals surface area contributed by atoms with E-state index in [0.29, 0.717) is 28.5 Å². The number of fused-ring (bicyclic) bond motifs is 3. The number of esters is 1. The summed E-state index contributed by atoms with van der Waals surface area (Å²) in [6.45, 7) is 2.07. The molecule has 5 rings (SSSR count). The first-order chi connectivity index (χ1) is 16.0. The Labute approximate surface area is 197 Å². The van der Waals surface area contributed by atoms with Crippen molar-refractivity contribution in [2.45, 2.75) is 25.6 Å². The predicted octanol–water partition coefficient (Wildman–Crippen LogP) is 5.69. The van der Waals surface area contributed by atoms with E-state index in [2.05, 4.69) is 31.2 Å². The van der Waals surface area contributed by atoms with Gasteiger partial charge in [-0.1, -0.05) is 53.6 Å². The number of halogens is 1. The number of hydrogen-bond acceptors (Lipinski definition) is 6. The van der Waals surface area contributed by atoms with Crippen LogP contribution in [-0.4, -0.2) is 30.9 Å². The maximum absolute atomic E-state index is 11.9. The van der Waals surface area contributed by atoms with Crippen LogP contribution in [0.1, 0.15) is 51.3 Å². The van der Waals surface area contributed by atoms with E-state index in [0.717, 1.165) is 22.4 Å². The zero-order chi connectivity index (χ0) is 23.1.